The molecule has 1 saturated heterocycles. The first kappa shape index (κ1) is 12.4. The molecule has 0 aromatic carbocycles. The molecule has 18 heavy (non-hydrogen) atoms. The van der Waals surface area contributed by atoms with E-state index in [-0.39, 0.29) is 0 Å². The summed E-state index contributed by atoms with van der Waals surface area (Å²) < 4.78 is 3.20. The van der Waals surface area contributed by atoms with Crippen molar-refractivity contribution in [3.63, 3.8) is 0 Å². The Morgan fingerprint density at radius 1 is 1.50 bits per heavy atom. The largest absolute Gasteiger partial charge is 0.316 e. The Labute approximate surface area is 119 Å². The molecule has 3 rings (SSSR count). The van der Waals surface area contributed by atoms with Gasteiger partial charge < -0.3 is 5.32 Å². The predicted octanol–water partition coefficient (Wildman–Crippen LogP) is 3.38. The van der Waals surface area contributed by atoms with E-state index in [1.807, 2.05) is 4.68 Å². The summed E-state index contributed by atoms with van der Waals surface area (Å²) in [6.07, 6.45) is 2.52. The van der Waals surface area contributed by atoms with E-state index in [0.717, 1.165) is 22.6 Å². The van der Waals surface area contributed by atoms with Crippen LogP contribution in [0.4, 0.5) is 0 Å². The van der Waals surface area contributed by atoms with Crippen LogP contribution in [-0.2, 0) is 7.05 Å². The van der Waals surface area contributed by atoms with Crippen molar-refractivity contribution in [2.45, 2.75) is 18.8 Å². The monoisotopic (exact) mass is 325 g/mol. The fourth-order valence-corrected chi connectivity index (χ4v) is 3.88. The van der Waals surface area contributed by atoms with Crippen molar-refractivity contribution in [2.75, 3.05) is 13.1 Å². The number of nitrogens with zero attached hydrogens (tertiary/aromatic N) is 2. The molecule has 2 aromatic rings. The van der Waals surface area contributed by atoms with Crippen LogP contribution >= 0.6 is 27.3 Å². The summed E-state index contributed by atoms with van der Waals surface area (Å²) in [7, 11) is 2.05. The molecule has 1 unspecified atom stereocenters. The van der Waals surface area contributed by atoms with Crippen molar-refractivity contribution in [1.82, 2.24) is 15.1 Å². The molecule has 1 fully saturated rings. The van der Waals surface area contributed by atoms with E-state index in [2.05, 4.69) is 51.6 Å². The van der Waals surface area contributed by atoms with Crippen LogP contribution in [0, 0.1) is 0 Å². The molecule has 0 radical (unpaired) electrons. The van der Waals surface area contributed by atoms with Crippen LogP contribution in [0.1, 0.15) is 24.5 Å². The van der Waals surface area contributed by atoms with Gasteiger partial charge in [0.1, 0.15) is 5.69 Å². The van der Waals surface area contributed by atoms with E-state index >= 15 is 0 Å². The minimum atomic E-state index is 0.605. The first-order chi connectivity index (χ1) is 8.74. The van der Waals surface area contributed by atoms with Gasteiger partial charge in [0, 0.05) is 25.2 Å². The Morgan fingerprint density at radius 2 is 2.39 bits per heavy atom. The molecule has 0 spiro atoms. The van der Waals surface area contributed by atoms with Gasteiger partial charge in [-0.25, -0.2) is 0 Å². The quantitative estimate of drug-likeness (QED) is 0.917. The SMILES string of the molecule is Cn1nc(-c2ccc(Br)s2)cc1C1CCCNC1. The van der Waals surface area contributed by atoms with Crippen LogP contribution in [0.2, 0.25) is 0 Å². The van der Waals surface area contributed by atoms with Crippen molar-refractivity contribution in [3.05, 3.63) is 27.7 Å². The molecule has 1 atom stereocenters. The first-order valence-corrected chi connectivity index (χ1v) is 7.85. The van der Waals surface area contributed by atoms with Crippen molar-refractivity contribution in [1.29, 1.82) is 0 Å². The fourth-order valence-electron chi connectivity index (χ4n) is 2.54. The van der Waals surface area contributed by atoms with Crippen LogP contribution in [0.5, 0.6) is 0 Å². The molecule has 1 N–H and O–H groups in total. The minimum Gasteiger partial charge on any atom is -0.316 e. The molecular weight excluding hydrogens is 310 g/mol. The highest BCUT2D eigenvalue weighted by Crippen LogP contribution is 2.33. The highest BCUT2D eigenvalue weighted by Gasteiger charge is 2.20. The van der Waals surface area contributed by atoms with Crippen LogP contribution in [0.25, 0.3) is 10.6 Å². The number of halogens is 1. The summed E-state index contributed by atoms with van der Waals surface area (Å²) in [5, 5.41) is 8.12. The van der Waals surface area contributed by atoms with Gasteiger partial charge in [0.15, 0.2) is 0 Å². The average molecular weight is 326 g/mol. The van der Waals surface area contributed by atoms with E-state index in [0.29, 0.717) is 5.92 Å². The number of aryl methyl sites for hydroxylation is 1. The van der Waals surface area contributed by atoms with Gasteiger partial charge in [-0.05, 0) is 53.5 Å². The molecule has 1 aliphatic rings. The molecule has 0 amide bonds. The molecule has 2 aromatic heterocycles. The Balaban J connectivity index is 1.90. The van der Waals surface area contributed by atoms with Crippen LogP contribution < -0.4 is 5.32 Å². The van der Waals surface area contributed by atoms with Crippen molar-refractivity contribution < 1.29 is 0 Å². The summed E-state index contributed by atoms with van der Waals surface area (Å²) in [6.45, 7) is 2.23. The summed E-state index contributed by atoms with van der Waals surface area (Å²) >= 11 is 5.24. The molecule has 0 bridgehead atoms. The smallest absolute Gasteiger partial charge is 0.103 e. The Kier molecular flexibility index (Phi) is 3.54. The second kappa shape index (κ2) is 5.15. The maximum atomic E-state index is 4.65. The zero-order chi connectivity index (χ0) is 12.5. The lowest BCUT2D eigenvalue weighted by molar-refractivity contribution is 0.441. The summed E-state index contributed by atoms with van der Waals surface area (Å²) in [5.74, 6) is 0.605. The van der Waals surface area contributed by atoms with E-state index < -0.39 is 0 Å². The second-order valence-corrected chi connectivity index (χ2v) is 7.19. The molecule has 96 valence electrons. The van der Waals surface area contributed by atoms with E-state index in [1.54, 1.807) is 11.3 Å². The zero-order valence-corrected chi connectivity index (χ0v) is 12.7. The summed E-state index contributed by atoms with van der Waals surface area (Å²) in [6, 6.07) is 6.45. The highest BCUT2D eigenvalue weighted by molar-refractivity contribution is 9.11. The normalized spacial score (nSPS) is 20.2. The lowest BCUT2D eigenvalue weighted by Crippen LogP contribution is -2.29. The second-order valence-electron chi connectivity index (χ2n) is 4.73. The van der Waals surface area contributed by atoms with E-state index in [4.69, 9.17) is 0 Å². The Bertz CT molecular complexity index is 540. The van der Waals surface area contributed by atoms with Gasteiger partial charge in [-0.3, -0.25) is 4.68 Å². The van der Waals surface area contributed by atoms with Gasteiger partial charge in [0.05, 0.1) is 8.66 Å². The Hall–Kier alpha value is -0.650. The van der Waals surface area contributed by atoms with Gasteiger partial charge in [-0.2, -0.15) is 5.10 Å². The van der Waals surface area contributed by atoms with Gasteiger partial charge in [-0.15, -0.1) is 11.3 Å². The molecule has 0 aliphatic carbocycles. The van der Waals surface area contributed by atoms with Gasteiger partial charge in [-0.1, -0.05) is 0 Å². The standard InChI is InChI=1S/C13H16BrN3S/c1-17-11(9-3-2-6-15-8-9)7-10(16-17)12-4-5-13(14)18-12/h4-5,7,9,15H,2-3,6,8H2,1H3. The minimum absolute atomic E-state index is 0.605. The fraction of sp³-hybridized carbons (Fsp3) is 0.462. The molecule has 3 heterocycles. The first-order valence-electron chi connectivity index (χ1n) is 6.24. The molecular formula is C13H16BrN3S. The number of hydrogen-bond acceptors (Lipinski definition) is 3. The van der Waals surface area contributed by atoms with E-state index in [9.17, 15) is 0 Å². The van der Waals surface area contributed by atoms with Crippen LogP contribution in [-0.4, -0.2) is 22.9 Å². The number of hydrogen-bond donors (Lipinski definition) is 1. The maximum Gasteiger partial charge on any atom is 0.103 e. The zero-order valence-electron chi connectivity index (χ0n) is 10.3. The molecule has 1 aliphatic heterocycles. The lowest BCUT2D eigenvalue weighted by atomic mass is 9.96. The van der Waals surface area contributed by atoms with Crippen LogP contribution in [0.15, 0.2) is 22.0 Å². The number of piperidine rings is 1. The maximum absolute atomic E-state index is 4.65. The van der Waals surface area contributed by atoms with E-state index in [1.165, 1.54) is 23.4 Å². The summed E-state index contributed by atoms with van der Waals surface area (Å²) in [4.78, 5) is 1.23. The van der Waals surface area contributed by atoms with Gasteiger partial charge in [0.25, 0.3) is 0 Å². The molecule has 0 saturated carbocycles. The topological polar surface area (TPSA) is 29.9 Å². The number of aromatic nitrogens is 2. The third kappa shape index (κ3) is 2.39. The lowest BCUT2D eigenvalue weighted by Gasteiger charge is -2.22. The summed E-state index contributed by atoms with van der Waals surface area (Å²) in [5.41, 5.74) is 2.44. The van der Waals surface area contributed by atoms with Crippen molar-refractivity contribution >= 4 is 27.3 Å². The third-order valence-electron chi connectivity index (χ3n) is 3.46. The van der Waals surface area contributed by atoms with Crippen LogP contribution in [0.3, 0.4) is 0 Å². The van der Waals surface area contributed by atoms with Gasteiger partial charge >= 0.3 is 0 Å². The molecule has 3 nitrogen and oxygen atoms in total. The van der Waals surface area contributed by atoms with Gasteiger partial charge in [0.2, 0.25) is 0 Å². The van der Waals surface area contributed by atoms with Crippen molar-refractivity contribution in [2.24, 2.45) is 7.05 Å². The number of rotatable bonds is 2. The highest BCUT2D eigenvalue weighted by atomic mass is 79.9. The third-order valence-corrected chi connectivity index (χ3v) is 5.10. The van der Waals surface area contributed by atoms with Crippen molar-refractivity contribution in [3.8, 4) is 10.6 Å². The number of thiophene rings is 1. The molecule has 5 heteroatoms. The number of nitrogens with one attached hydrogen (secondary N) is 1. The predicted molar refractivity (Wildman–Crippen MR) is 79.1 cm³/mol. The Morgan fingerprint density at radius 3 is 3.06 bits per heavy atom. The average Bonchev–Trinajstić information content (AvgIpc) is 2.97.